The summed E-state index contributed by atoms with van der Waals surface area (Å²) in [6.45, 7) is 6.77. The van der Waals surface area contributed by atoms with Gasteiger partial charge in [-0.1, -0.05) is 60.7 Å². The van der Waals surface area contributed by atoms with Crippen LogP contribution >= 0.6 is 0 Å². The number of para-hydroxylation sites is 1. The standard InChI is InChI=1S/C28H28N4O/c1-21-13-14-23-25(20-21)29-27(24-11-5-6-12-26(24)33)30-28(23)32-18-16-31(17-19-32)15-7-10-22-8-3-2-4-9-22/h2-14,20,33H,15-19H2,1H3/b10-7+. The average Bonchev–Trinajstić information content (AvgIpc) is 2.84. The molecule has 0 amide bonds. The fraction of sp³-hybridized carbons (Fsp3) is 0.214. The van der Waals surface area contributed by atoms with E-state index in [2.05, 4.69) is 71.3 Å². The zero-order valence-corrected chi connectivity index (χ0v) is 18.9. The predicted molar refractivity (Wildman–Crippen MR) is 136 cm³/mol. The monoisotopic (exact) mass is 436 g/mol. The minimum atomic E-state index is 0.200. The molecule has 0 bridgehead atoms. The van der Waals surface area contributed by atoms with Crippen molar-refractivity contribution < 1.29 is 5.11 Å². The van der Waals surface area contributed by atoms with Gasteiger partial charge in [0.05, 0.1) is 11.1 Å². The van der Waals surface area contributed by atoms with Crippen molar-refractivity contribution in [2.24, 2.45) is 0 Å². The third-order valence-corrected chi connectivity index (χ3v) is 6.12. The van der Waals surface area contributed by atoms with Gasteiger partial charge in [0.25, 0.3) is 0 Å². The maximum atomic E-state index is 10.4. The zero-order chi connectivity index (χ0) is 22.6. The Kier molecular flexibility index (Phi) is 6.05. The molecular formula is C28H28N4O. The second-order valence-corrected chi connectivity index (χ2v) is 8.51. The Labute approximate surface area is 194 Å². The number of aromatic hydroxyl groups is 1. The minimum Gasteiger partial charge on any atom is -0.507 e. The van der Waals surface area contributed by atoms with Crippen LogP contribution in [0, 0.1) is 6.92 Å². The Morgan fingerprint density at radius 3 is 2.42 bits per heavy atom. The number of hydrogen-bond donors (Lipinski definition) is 1. The number of benzene rings is 3. The van der Waals surface area contributed by atoms with E-state index in [9.17, 15) is 5.11 Å². The van der Waals surface area contributed by atoms with Gasteiger partial charge in [-0.05, 0) is 42.3 Å². The van der Waals surface area contributed by atoms with E-state index in [1.807, 2.05) is 24.3 Å². The molecule has 1 aliphatic heterocycles. The molecule has 5 heteroatoms. The molecule has 3 aromatic carbocycles. The Hall–Kier alpha value is -3.70. The van der Waals surface area contributed by atoms with Gasteiger partial charge >= 0.3 is 0 Å². The van der Waals surface area contributed by atoms with Crippen LogP contribution in [0.1, 0.15) is 11.1 Å². The molecule has 4 aromatic rings. The van der Waals surface area contributed by atoms with Crippen molar-refractivity contribution in [2.45, 2.75) is 6.92 Å². The smallest absolute Gasteiger partial charge is 0.165 e. The van der Waals surface area contributed by atoms with E-state index in [0.717, 1.165) is 55.0 Å². The highest BCUT2D eigenvalue weighted by Gasteiger charge is 2.21. The molecule has 166 valence electrons. The second-order valence-electron chi connectivity index (χ2n) is 8.51. The summed E-state index contributed by atoms with van der Waals surface area (Å²) in [5.74, 6) is 1.71. The van der Waals surface area contributed by atoms with E-state index in [0.29, 0.717) is 11.4 Å². The predicted octanol–water partition coefficient (Wildman–Crippen LogP) is 5.15. The number of nitrogens with zero attached hydrogens (tertiary/aromatic N) is 4. The fourth-order valence-electron chi connectivity index (χ4n) is 4.29. The van der Waals surface area contributed by atoms with Gasteiger partial charge in [-0.25, -0.2) is 9.97 Å². The van der Waals surface area contributed by atoms with E-state index in [4.69, 9.17) is 9.97 Å². The van der Waals surface area contributed by atoms with E-state index >= 15 is 0 Å². The molecule has 1 aliphatic rings. The number of fused-ring (bicyclic) bond motifs is 1. The SMILES string of the molecule is Cc1ccc2c(N3CCN(C/C=C/c4ccccc4)CC3)nc(-c3ccccc3O)nc2c1. The molecule has 1 saturated heterocycles. The van der Waals surface area contributed by atoms with Crippen molar-refractivity contribution in [1.29, 1.82) is 0 Å². The summed E-state index contributed by atoms with van der Waals surface area (Å²) < 4.78 is 0. The molecular weight excluding hydrogens is 408 g/mol. The first-order valence-electron chi connectivity index (χ1n) is 11.4. The lowest BCUT2D eigenvalue weighted by Gasteiger charge is -2.35. The third kappa shape index (κ3) is 4.73. The van der Waals surface area contributed by atoms with E-state index < -0.39 is 0 Å². The Morgan fingerprint density at radius 1 is 0.879 bits per heavy atom. The summed E-state index contributed by atoms with van der Waals surface area (Å²) in [4.78, 5) is 14.5. The molecule has 0 atom stereocenters. The summed E-state index contributed by atoms with van der Waals surface area (Å²) in [6.07, 6.45) is 4.43. The van der Waals surface area contributed by atoms with Crippen LogP contribution in [0.5, 0.6) is 5.75 Å². The number of anilines is 1. The normalized spacial score (nSPS) is 14.9. The first kappa shape index (κ1) is 21.2. The number of phenolic OH excluding ortho intramolecular Hbond substituents is 1. The topological polar surface area (TPSA) is 52.5 Å². The Bertz CT molecular complexity index is 1280. The zero-order valence-electron chi connectivity index (χ0n) is 18.9. The maximum absolute atomic E-state index is 10.4. The number of aryl methyl sites for hydroxylation is 1. The van der Waals surface area contributed by atoms with E-state index in [-0.39, 0.29) is 5.75 Å². The first-order valence-corrected chi connectivity index (χ1v) is 11.4. The molecule has 1 aromatic heterocycles. The molecule has 1 fully saturated rings. The molecule has 5 nitrogen and oxygen atoms in total. The van der Waals surface area contributed by atoms with Crippen molar-refractivity contribution in [3.05, 3.63) is 90.0 Å². The van der Waals surface area contributed by atoms with Crippen LogP contribution in [0.4, 0.5) is 5.82 Å². The molecule has 2 heterocycles. The van der Waals surface area contributed by atoms with Crippen LogP contribution in [0.15, 0.2) is 78.9 Å². The van der Waals surface area contributed by atoms with Crippen molar-refractivity contribution in [1.82, 2.24) is 14.9 Å². The quantitative estimate of drug-likeness (QED) is 0.469. The fourth-order valence-corrected chi connectivity index (χ4v) is 4.29. The second kappa shape index (κ2) is 9.43. The van der Waals surface area contributed by atoms with Crippen molar-refractivity contribution >= 4 is 22.8 Å². The highest BCUT2D eigenvalue weighted by atomic mass is 16.3. The lowest BCUT2D eigenvalue weighted by molar-refractivity contribution is 0.284. The number of hydrogen-bond acceptors (Lipinski definition) is 5. The van der Waals surface area contributed by atoms with Gasteiger partial charge in [-0.2, -0.15) is 0 Å². The van der Waals surface area contributed by atoms with Gasteiger partial charge in [0.2, 0.25) is 0 Å². The number of piperazine rings is 1. The van der Waals surface area contributed by atoms with Gasteiger partial charge in [-0.3, -0.25) is 4.90 Å². The van der Waals surface area contributed by atoms with E-state index in [1.54, 1.807) is 6.07 Å². The van der Waals surface area contributed by atoms with Crippen LogP contribution in [-0.2, 0) is 0 Å². The molecule has 33 heavy (non-hydrogen) atoms. The third-order valence-electron chi connectivity index (χ3n) is 6.12. The van der Waals surface area contributed by atoms with Crippen LogP contribution in [0.25, 0.3) is 28.4 Å². The summed E-state index contributed by atoms with van der Waals surface area (Å²) in [5, 5.41) is 11.4. The van der Waals surface area contributed by atoms with Crippen molar-refractivity contribution in [3.8, 4) is 17.1 Å². The maximum Gasteiger partial charge on any atom is 0.165 e. The molecule has 0 unspecified atom stereocenters. The summed E-state index contributed by atoms with van der Waals surface area (Å²) in [7, 11) is 0. The van der Waals surface area contributed by atoms with E-state index in [1.165, 1.54) is 5.56 Å². The van der Waals surface area contributed by atoms with Crippen LogP contribution in [0.3, 0.4) is 0 Å². The number of rotatable bonds is 5. The van der Waals surface area contributed by atoms with Gasteiger partial charge < -0.3 is 10.0 Å². The highest BCUT2D eigenvalue weighted by Crippen LogP contribution is 2.32. The molecule has 0 radical (unpaired) electrons. The summed E-state index contributed by atoms with van der Waals surface area (Å²) in [5.41, 5.74) is 3.96. The highest BCUT2D eigenvalue weighted by molar-refractivity contribution is 5.92. The molecule has 0 spiro atoms. The average molecular weight is 437 g/mol. The molecule has 1 N–H and O–H groups in total. The number of aromatic nitrogens is 2. The largest absolute Gasteiger partial charge is 0.507 e. The molecule has 5 rings (SSSR count). The molecule has 0 saturated carbocycles. The molecule has 0 aliphatic carbocycles. The van der Waals surface area contributed by atoms with Crippen LogP contribution in [0.2, 0.25) is 0 Å². The first-order chi connectivity index (χ1) is 16.2. The van der Waals surface area contributed by atoms with Gasteiger partial charge in [-0.15, -0.1) is 0 Å². The van der Waals surface area contributed by atoms with Gasteiger partial charge in [0.1, 0.15) is 11.6 Å². The minimum absolute atomic E-state index is 0.200. The van der Waals surface area contributed by atoms with Gasteiger partial charge in [0.15, 0.2) is 5.82 Å². The van der Waals surface area contributed by atoms with Crippen LogP contribution < -0.4 is 4.90 Å². The van der Waals surface area contributed by atoms with Crippen molar-refractivity contribution in [2.75, 3.05) is 37.6 Å². The number of phenols is 1. The Morgan fingerprint density at radius 2 is 1.64 bits per heavy atom. The summed E-state index contributed by atoms with van der Waals surface area (Å²) in [6, 6.07) is 24.0. The Balaban J connectivity index is 1.37. The van der Waals surface area contributed by atoms with Crippen LogP contribution in [-0.4, -0.2) is 52.7 Å². The van der Waals surface area contributed by atoms with Crippen molar-refractivity contribution in [3.63, 3.8) is 0 Å². The van der Waals surface area contributed by atoms with Gasteiger partial charge in [0, 0.05) is 38.1 Å². The summed E-state index contributed by atoms with van der Waals surface area (Å²) >= 11 is 0. The lowest BCUT2D eigenvalue weighted by atomic mass is 10.1. The lowest BCUT2D eigenvalue weighted by Crippen LogP contribution is -2.46.